The Morgan fingerprint density at radius 3 is 2.32 bits per heavy atom. The van der Waals surface area contributed by atoms with E-state index in [4.69, 9.17) is 5.73 Å². The van der Waals surface area contributed by atoms with Crippen molar-refractivity contribution in [3.05, 3.63) is 29.6 Å². The smallest absolute Gasteiger partial charge is 0.245 e. The molecule has 1 aromatic carbocycles. The van der Waals surface area contributed by atoms with Crippen molar-refractivity contribution in [3.8, 4) is 0 Å². The molecule has 6 heteroatoms. The molecule has 4 nitrogen and oxygen atoms in total. The van der Waals surface area contributed by atoms with Crippen molar-refractivity contribution in [3.63, 3.8) is 0 Å². The summed E-state index contributed by atoms with van der Waals surface area (Å²) >= 11 is 0. The standard InChI is InChI=1S/C13H21FN2O2S/c1-13(2,3)9-16(4)19(17,18)12-6-5-10(8-15)7-11(12)14/h5-7H,8-9,15H2,1-4H3. The van der Waals surface area contributed by atoms with Crippen LogP contribution in [-0.4, -0.2) is 26.3 Å². The lowest BCUT2D eigenvalue weighted by Crippen LogP contribution is -2.35. The molecule has 0 amide bonds. The van der Waals surface area contributed by atoms with Crippen molar-refractivity contribution in [1.82, 2.24) is 4.31 Å². The van der Waals surface area contributed by atoms with Gasteiger partial charge >= 0.3 is 0 Å². The van der Waals surface area contributed by atoms with Crippen LogP contribution in [0.5, 0.6) is 0 Å². The van der Waals surface area contributed by atoms with Crippen LogP contribution in [0.3, 0.4) is 0 Å². The van der Waals surface area contributed by atoms with Crippen LogP contribution in [0.15, 0.2) is 23.1 Å². The zero-order chi connectivity index (χ0) is 14.8. The summed E-state index contributed by atoms with van der Waals surface area (Å²) in [4.78, 5) is -0.309. The van der Waals surface area contributed by atoms with Crippen LogP contribution in [0, 0.1) is 11.2 Å². The largest absolute Gasteiger partial charge is 0.326 e. The molecular formula is C13H21FN2O2S. The Kier molecular flexibility index (Phi) is 4.71. The molecule has 0 aliphatic carbocycles. The minimum absolute atomic E-state index is 0.176. The number of nitrogens with zero attached hydrogens (tertiary/aromatic N) is 1. The maximum atomic E-state index is 13.9. The lowest BCUT2D eigenvalue weighted by molar-refractivity contribution is 0.310. The quantitative estimate of drug-likeness (QED) is 0.921. The molecule has 0 heterocycles. The maximum Gasteiger partial charge on any atom is 0.245 e. The van der Waals surface area contributed by atoms with Crippen molar-refractivity contribution >= 4 is 10.0 Å². The van der Waals surface area contributed by atoms with Gasteiger partial charge in [0.15, 0.2) is 0 Å². The highest BCUT2D eigenvalue weighted by Gasteiger charge is 2.27. The van der Waals surface area contributed by atoms with Gasteiger partial charge in [-0.15, -0.1) is 0 Å². The Bertz CT molecular complexity index is 550. The first kappa shape index (κ1) is 16.1. The molecule has 19 heavy (non-hydrogen) atoms. The van der Waals surface area contributed by atoms with Gasteiger partial charge in [0.1, 0.15) is 10.7 Å². The second-order valence-corrected chi connectivity index (χ2v) is 7.80. The van der Waals surface area contributed by atoms with Gasteiger partial charge in [0, 0.05) is 20.1 Å². The molecule has 0 fully saturated rings. The van der Waals surface area contributed by atoms with Crippen molar-refractivity contribution in [2.45, 2.75) is 32.2 Å². The summed E-state index contributed by atoms with van der Waals surface area (Å²) in [7, 11) is -2.36. The number of sulfonamides is 1. The molecule has 0 atom stereocenters. The first-order chi connectivity index (χ1) is 8.58. The second-order valence-electron chi connectivity index (χ2n) is 5.79. The fraction of sp³-hybridized carbons (Fsp3) is 0.538. The van der Waals surface area contributed by atoms with E-state index < -0.39 is 15.8 Å². The van der Waals surface area contributed by atoms with E-state index in [9.17, 15) is 12.8 Å². The fourth-order valence-electron chi connectivity index (χ4n) is 1.80. The number of hydrogen-bond acceptors (Lipinski definition) is 3. The zero-order valence-corrected chi connectivity index (χ0v) is 12.6. The van der Waals surface area contributed by atoms with Gasteiger partial charge in [0.2, 0.25) is 10.0 Å². The summed E-state index contributed by atoms with van der Waals surface area (Å²) in [5, 5.41) is 0. The highest BCUT2D eigenvalue weighted by Crippen LogP contribution is 2.23. The van der Waals surface area contributed by atoms with Gasteiger partial charge in [-0.1, -0.05) is 26.8 Å². The van der Waals surface area contributed by atoms with Crippen molar-refractivity contribution in [1.29, 1.82) is 0 Å². The van der Waals surface area contributed by atoms with E-state index in [0.717, 1.165) is 6.07 Å². The van der Waals surface area contributed by atoms with E-state index in [0.29, 0.717) is 12.1 Å². The van der Waals surface area contributed by atoms with Crippen LogP contribution in [0.25, 0.3) is 0 Å². The summed E-state index contributed by atoms with van der Waals surface area (Å²) < 4.78 is 39.6. The fourth-order valence-corrected chi connectivity index (χ4v) is 3.24. The zero-order valence-electron chi connectivity index (χ0n) is 11.8. The van der Waals surface area contributed by atoms with Crippen LogP contribution >= 0.6 is 0 Å². The Labute approximate surface area is 114 Å². The van der Waals surface area contributed by atoms with Crippen LogP contribution in [-0.2, 0) is 16.6 Å². The highest BCUT2D eigenvalue weighted by atomic mass is 32.2. The number of halogens is 1. The van der Waals surface area contributed by atoms with Gasteiger partial charge in [0.25, 0.3) is 0 Å². The summed E-state index contributed by atoms with van der Waals surface area (Å²) in [6.45, 7) is 6.26. The molecule has 1 rings (SSSR count). The second kappa shape index (κ2) is 5.56. The van der Waals surface area contributed by atoms with E-state index in [-0.39, 0.29) is 16.9 Å². The van der Waals surface area contributed by atoms with Gasteiger partial charge in [-0.2, -0.15) is 0 Å². The minimum Gasteiger partial charge on any atom is -0.326 e. The first-order valence-electron chi connectivity index (χ1n) is 6.03. The van der Waals surface area contributed by atoms with E-state index in [2.05, 4.69) is 0 Å². The molecule has 0 bridgehead atoms. The van der Waals surface area contributed by atoms with Gasteiger partial charge in [-0.25, -0.2) is 17.1 Å². The summed E-state index contributed by atoms with van der Waals surface area (Å²) in [6.07, 6.45) is 0. The van der Waals surface area contributed by atoms with Gasteiger partial charge in [-0.05, 0) is 23.1 Å². The van der Waals surface area contributed by atoms with Crippen molar-refractivity contribution in [2.24, 2.45) is 11.1 Å². The maximum absolute atomic E-state index is 13.9. The van der Waals surface area contributed by atoms with E-state index in [1.54, 1.807) is 0 Å². The highest BCUT2D eigenvalue weighted by molar-refractivity contribution is 7.89. The molecule has 108 valence electrons. The summed E-state index contributed by atoms with van der Waals surface area (Å²) in [6, 6.07) is 3.96. The molecule has 0 aliphatic heterocycles. The Balaban J connectivity index is 3.13. The van der Waals surface area contributed by atoms with Crippen LogP contribution < -0.4 is 5.73 Å². The van der Waals surface area contributed by atoms with E-state index in [1.807, 2.05) is 20.8 Å². The van der Waals surface area contributed by atoms with Crippen LogP contribution in [0.1, 0.15) is 26.3 Å². The normalized spacial score (nSPS) is 13.0. The predicted molar refractivity (Wildman–Crippen MR) is 73.6 cm³/mol. The summed E-state index contributed by atoms with van der Waals surface area (Å²) in [5.41, 5.74) is 5.76. The average Bonchev–Trinajstić information content (AvgIpc) is 2.26. The molecule has 0 saturated heterocycles. The van der Waals surface area contributed by atoms with Crippen LogP contribution in [0.4, 0.5) is 4.39 Å². The Morgan fingerprint density at radius 2 is 1.89 bits per heavy atom. The third kappa shape index (κ3) is 3.99. The van der Waals surface area contributed by atoms with Gasteiger partial charge in [0.05, 0.1) is 0 Å². The molecule has 0 spiro atoms. The molecule has 0 aliphatic rings. The number of benzene rings is 1. The molecule has 0 unspecified atom stereocenters. The predicted octanol–water partition coefficient (Wildman–Crippen LogP) is 1.95. The topological polar surface area (TPSA) is 63.4 Å². The molecule has 0 radical (unpaired) electrons. The Morgan fingerprint density at radius 1 is 1.32 bits per heavy atom. The number of nitrogens with two attached hydrogens (primary N) is 1. The third-order valence-corrected chi connectivity index (χ3v) is 4.45. The van der Waals surface area contributed by atoms with E-state index >= 15 is 0 Å². The van der Waals surface area contributed by atoms with Crippen LogP contribution in [0.2, 0.25) is 0 Å². The average molecular weight is 288 g/mol. The monoisotopic (exact) mass is 288 g/mol. The number of rotatable bonds is 4. The van der Waals surface area contributed by atoms with Gasteiger partial charge < -0.3 is 5.73 Å². The molecule has 0 aromatic heterocycles. The number of hydrogen-bond donors (Lipinski definition) is 1. The molecule has 0 saturated carbocycles. The molecule has 2 N–H and O–H groups in total. The van der Waals surface area contributed by atoms with Crippen molar-refractivity contribution in [2.75, 3.05) is 13.6 Å². The molecule has 1 aromatic rings. The lowest BCUT2D eigenvalue weighted by Gasteiger charge is -2.26. The minimum atomic E-state index is -3.81. The molecular weight excluding hydrogens is 267 g/mol. The van der Waals surface area contributed by atoms with E-state index in [1.165, 1.54) is 23.5 Å². The van der Waals surface area contributed by atoms with Crippen molar-refractivity contribution < 1.29 is 12.8 Å². The SMILES string of the molecule is CN(CC(C)(C)C)S(=O)(=O)c1ccc(CN)cc1F. The Hall–Kier alpha value is -0.980. The first-order valence-corrected chi connectivity index (χ1v) is 7.47. The summed E-state index contributed by atoms with van der Waals surface area (Å²) in [5.74, 6) is -0.760. The lowest BCUT2D eigenvalue weighted by atomic mass is 9.97. The third-order valence-electron chi connectivity index (χ3n) is 2.62. The van der Waals surface area contributed by atoms with Gasteiger partial charge in [-0.3, -0.25) is 0 Å².